The number of aromatic hydroxyl groups is 1. The molecule has 0 aromatic heterocycles. The summed E-state index contributed by atoms with van der Waals surface area (Å²) in [4.78, 5) is 4.78. The van der Waals surface area contributed by atoms with E-state index in [9.17, 15) is 5.11 Å². The van der Waals surface area contributed by atoms with Crippen LogP contribution in [0.5, 0.6) is 11.5 Å². The minimum absolute atomic E-state index is 0.330. The number of phenols is 1. The van der Waals surface area contributed by atoms with Gasteiger partial charge in [-0.25, -0.2) is 0 Å². The fraction of sp³-hybridized carbons (Fsp3) is 0.647. The predicted molar refractivity (Wildman–Crippen MR) is 85.9 cm³/mol. The number of likely N-dealkylation sites (tertiary alicyclic amines) is 1. The van der Waals surface area contributed by atoms with Gasteiger partial charge in [0.25, 0.3) is 0 Å². The molecule has 0 amide bonds. The molecule has 1 heterocycles. The number of benzene rings is 1. The van der Waals surface area contributed by atoms with Crippen molar-refractivity contribution in [1.82, 2.24) is 9.80 Å². The normalized spacial score (nSPS) is 15.8. The second-order valence-corrected chi connectivity index (χ2v) is 5.93. The molecule has 4 nitrogen and oxygen atoms in total. The lowest BCUT2D eigenvalue weighted by atomic mass is 10.2. The molecule has 1 N–H and O–H groups in total. The van der Waals surface area contributed by atoms with E-state index in [0.29, 0.717) is 12.4 Å². The van der Waals surface area contributed by atoms with E-state index in [1.165, 1.54) is 25.9 Å². The van der Waals surface area contributed by atoms with E-state index in [1.54, 1.807) is 6.07 Å². The molecule has 0 spiro atoms. The number of rotatable bonds is 8. The van der Waals surface area contributed by atoms with Gasteiger partial charge in [0.15, 0.2) is 0 Å². The predicted octanol–water partition coefficient (Wildman–Crippen LogP) is 2.71. The molecule has 118 valence electrons. The molecule has 1 aliphatic heterocycles. The SMILES string of the molecule is CCCOc1ccc(CN(C)CCN2CCCC2)c(O)c1. The molecule has 0 atom stereocenters. The molecule has 0 unspecified atom stereocenters. The van der Waals surface area contributed by atoms with Gasteiger partial charge in [0.2, 0.25) is 0 Å². The molecular weight excluding hydrogens is 264 g/mol. The molecule has 1 saturated heterocycles. The van der Waals surface area contributed by atoms with Crippen molar-refractivity contribution >= 4 is 0 Å². The average Bonchev–Trinajstić information content (AvgIpc) is 2.99. The van der Waals surface area contributed by atoms with Crippen LogP contribution in [0.15, 0.2) is 18.2 Å². The Bertz CT molecular complexity index is 431. The Labute approximate surface area is 128 Å². The highest BCUT2D eigenvalue weighted by atomic mass is 16.5. The fourth-order valence-corrected chi connectivity index (χ4v) is 2.68. The van der Waals surface area contributed by atoms with Gasteiger partial charge in [-0.1, -0.05) is 13.0 Å². The molecule has 0 bridgehead atoms. The lowest BCUT2D eigenvalue weighted by Gasteiger charge is -2.21. The highest BCUT2D eigenvalue weighted by Gasteiger charge is 2.12. The standard InChI is InChI=1S/C17H28N2O2/c1-3-12-21-16-7-6-15(17(20)13-16)14-18(2)10-11-19-8-4-5-9-19/h6-7,13,20H,3-5,8-12,14H2,1-2H3. The topological polar surface area (TPSA) is 35.9 Å². The van der Waals surface area contributed by atoms with Crippen LogP contribution >= 0.6 is 0 Å². The maximum Gasteiger partial charge on any atom is 0.123 e. The zero-order chi connectivity index (χ0) is 15.1. The van der Waals surface area contributed by atoms with Crippen LogP contribution in [0.4, 0.5) is 0 Å². The number of likely N-dealkylation sites (N-methyl/N-ethyl adjacent to an activating group) is 1. The van der Waals surface area contributed by atoms with Crippen LogP contribution in [-0.2, 0) is 6.54 Å². The van der Waals surface area contributed by atoms with E-state index < -0.39 is 0 Å². The maximum atomic E-state index is 10.1. The highest BCUT2D eigenvalue weighted by molar-refractivity contribution is 5.39. The molecule has 0 radical (unpaired) electrons. The molecule has 0 saturated carbocycles. The first-order valence-electron chi connectivity index (χ1n) is 8.04. The van der Waals surface area contributed by atoms with Crippen LogP contribution < -0.4 is 4.74 Å². The Hall–Kier alpha value is -1.26. The van der Waals surface area contributed by atoms with Crippen molar-refractivity contribution in [3.8, 4) is 11.5 Å². The minimum atomic E-state index is 0.330. The third-order valence-electron chi connectivity index (χ3n) is 3.97. The Kier molecular flexibility index (Phi) is 6.33. The Balaban J connectivity index is 1.80. The van der Waals surface area contributed by atoms with Crippen LogP contribution in [0.3, 0.4) is 0 Å². The first-order valence-corrected chi connectivity index (χ1v) is 8.04. The van der Waals surface area contributed by atoms with Gasteiger partial charge >= 0.3 is 0 Å². The summed E-state index contributed by atoms with van der Waals surface area (Å²) < 4.78 is 5.53. The molecule has 4 heteroatoms. The first kappa shape index (κ1) is 16.1. The first-order chi connectivity index (χ1) is 10.2. The average molecular weight is 292 g/mol. The lowest BCUT2D eigenvalue weighted by Crippen LogP contribution is -2.31. The van der Waals surface area contributed by atoms with E-state index in [1.807, 2.05) is 12.1 Å². The zero-order valence-electron chi connectivity index (χ0n) is 13.3. The molecule has 1 aromatic carbocycles. The molecule has 21 heavy (non-hydrogen) atoms. The monoisotopic (exact) mass is 292 g/mol. The van der Waals surface area contributed by atoms with Crippen molar-refractivity contribution in [3.05, 3.63) is 23.8 Å². The number of ether oxygens (including phenoxy) is 1. The van der Waals surface area contributed by atoms with Gasteiger partial charge in [-0.3, -0.25) is 0 Å². The largest absolute Gasteiger partial charge is 0.507 e. The van der Waals surface area contributed by atoms with Gasteiger partial charge in [-0.05, 0) is 45.5 Å². The van der Waals surface area contributed by atoms with Crippen molar-refractivity contribution in [2.24, 2.45) is 0 Å². The van der Waals surface area contributed by atoms with Gasteiger partial charge in [0.05, 0.1) is 6.61 Å². The van der Waals surface area contributed by atoms with Crippen LogP contribution in [-0.4, -0.2) is 54.7 Å². The quantitative estimate of drug-likeness (QED) is 0.799. The summed E-state index contributed by atoms with van der Waals surface area (Å²) in [6, 6.07) is 5.63. The molecule has 1 aromatic rings. The molecule has 1 fully saturated rings. The summed E-state index contributed by atoms with van der Waals surface area (Å²) in [7, 11) is 2.11. The van der Waals surface area contributed by atoms with Gasteiger partial charge in [-0.15, -0.1) is 0 Å². The number of hydrogen-bond acceptors (Lipinski definition) is 4. The van der Waals surface area contributed by atoms with E-state index in [4.69, 9.17) is 4.74 Å². The summed E-state index contributed by atoms with van der Waals surface area (Å²) in [6.45, 7) is 8.17. The summed E-state index contributed by atoms with van der Waals surface area (Å²) in [6.07, 6.45) is 3.65. The second kappa shape index (κ2) is 8.25. The zero-order valence-corrected chi connectivity index (χ0v) is 13.3. The fourth-order valence-electron chi connectivity index (χ4n) is 2.68. The number of hydrogen-bond donors (Lipinski definition) is 1. The Morgan fingerprint density at radius 1 is 1.29 bits per heavy atom. The van der Waals surface area contributed by atoms with Crippen LogP contribution in [0.2, 0.25) is 0 Å². The molecular formula is C17H28N2O2. The smallest absolute Gasteiger partial charge is 0.123 e. The van der Waals surface area contributed by atoms with Crippen LogP contribution in [0.1, 0.15) is 31.7 Å². The van der Waals surface area contributed by atoms with E-state index in [0.717, 1.165) is 37.4 Å². The third-order valence-corrected chi connectivity index (χ3v) is 3.97. The number of nitrogens with zero attached hydrogens (tertiary/aromatic N) is 2. The van der Waals surface area contributed by atoms with Crippen molar-refractivity contribution < 1.29 is 9.84 Å². The van der Waals surface area contributed by atoms with E-state index in [2.05, 4.69) is 23.8 Å². The van der Waals surface area contributed by atoms with Gasteiger partial charge in [0, 0.05) is 31.3 Å². The minimum Gasteiger partial charge on any atom is -0.507 e. The van der Waals surface area contributed by atoms with Crippen LogP contribution in [0.25, 0.3) is 0 Å². The van der Waals surface area contributed by atoms with E-state index in [-0.39, 0.29) is 0 Å². The molecule has 0 aliphatic carbocycles. The number of phenolic OH excluding ortho intramolecular Hbond substituents is 1. The van der Waals surface area contributed by atoms with Crippen molar-refractivity contribution in [1.29, 1.82) is 0 Å². The highest BCUT2D eigenvalue weighted by Crippen LogP contribution is 2.24. The van der Waals surface area contributed by atoms with Gasteiger partial charge in [0.1, 0.15) is 11.5 Å². The van der Waals surface area contributed by atoms with Gasteiger partial charge in [-0.2, -0.15) is 0 Å². The lowest BCUT2D eigenvalue weighted by molar-refractivity contribution is 0.250. The molecule has 2 rings (SSSR count). The third kappa shape index (κ3) is 5.21. The van der Waals surface area contributed by atoms with Crippen LogP contribution in [0, 0.1) is 0 Å². The Morgan fingerprint density at radius 3 is 2.71 bits per heavy atom. The second-order valence-electron chi connectivity index (χ2n) is 5.93. The Morgan fingerprint density at radius 2 is 2.05 bits per heavy atom. The summed E-state index contributed by atoms with van der Waals surface area (Å²) in [5.74, 6) is 1.08. The molecule has 1 aliphatic rings. The van der Waals surface area contributed by atoms with E-state index >= 15 is 0 Å². The summed E-state index contributed by atoms with van der Waals surface area (Å²) in [5.41, 5.74) is 0.961. The summed E-state index contributed by atoms with van der Waals surface area (Å²) >= 11 is 0. The maximum absolute atomic E-state index is 10.1. The van der Waals surface area contributed by atoms with Gasteiger partial charge < -0.3 is 19.6 Å². The van der Waals surface area contributed by atoms with Crippen molar-refractivity contribution in [3.63, 3.8) is 0 Å². The summed E-state index contributed by atoms with van der Waals surface area (Å²) in [5, 5.41) is 10.1. The van der Waals surface area contributed by atoms with Crippen molar-refractivity contribution in [2.45, 2.75) is 32.7 Å². The van der Waals surface area contributed by atoms with Crippen molar-refractivity contribution in [2.75, 3.05) is 39.8 Å².